The van der Waals surface area contributed by atoms with E-state index < -0.39 is 0 Å². The molecule has 0 aliphatic rings. The number of phenolic OH excluding ortho intramolecular Hbond substituents is 1. The van der Waals surface area contributed by atoms with Gasteiger partial charge >= 0.3 is 0 Å². The molecule has 0 atom stereocenters. The molecular weight excluding hydrogens is 160 g/mol. The van der Waals surface area contributed by atoms with Crippen molar-refractivity contribution in [3.8, 4) is 5.75 Å². The molecule has 0 bridgehead atoms. The van der Waals surface area contributed by atoms with Crippen molar-refractivity contribution in [3.63, 3.8) is 0 Å². The molecular formula is C12H18O. The maximum atomic E-state index is 9.11. The SMILES string of the molecule is CCC(CC)Cc1ccc(O)cc1. The van der Waals surface area contributed by atoms with E-state index in [1.54, 1.807) is 12.1 Å². The van der Waals surface area contributed by atoms with Gasteiger partial charge in [0, 0.05) is 0 Å². The van der Waals surface area contributed by atoms with Crippen LogP contribution in [0.25, 0.3) is 0 Å². The smallest absolute Gasteiger partial charge is 0.115 e. The fourth-order valence-electron chi connectivity index (χ4n) is 1.54. The lowest BCUT2D eigenvalue weighted by atomic mass is 9.95. The van der Waals surface area contributed by atoms with Crippen molar-refractivity contribution < 1.29 is 5.11 Å². The molecule has 0 radical (unpaired) electrons. The van der Waals surface area contributed by atoms with Crippen molar-refractivity contribution in [2.24, 2.45) is 5.92 Å². The van der Waals surface area contributed by atoms with E-state index >= 15 is 0 Å². The van der Waals surface area contributed by atoms with Crippen LogP contribution in [0.3, 0.4) is 0 Å². The van der Waals surface area contributed by atoms with Gasteiger partial charge in [0.2, 0.25) is 0 Å². The van der Waals surface area contributed by atoms with Crippen molar-refractivity contribution in [1.29, 1.82) is 0 Å². The average Bonchev–Trinajstić information content (AvgIpc) is 2.17. The van der Waals surface area contributed by atoms with Gasteiger partial charge in [0.25, 0.3) is 0 Å². The number of hydrogen-bond acceptors (Lipinski definition) is 1. The topological polar surface area (TPSA) is 20.2 Å². The zero-order chi connectivity index (χ0) is 9.68. The van der Waals surface area contributed by atoms with E-state index in [9.17, 15) is 0 Å². The highest BCUT2D eigenvalue weighted by atomic mass is 16.3. The largest absolute Gasteiger partial charge is 0.508 e. The van der Waals surface area contributed by atoms with Crippen LogP contribution in [0.2, 0.25) is 0 Å². The summed E-state index contributed by atoms with van der Waals surface area (Å²) in [5.41, 5.74) is 1.33. The molecule has 1 rings (SSSR count). The Morgan fingerprint density at radius 2 is 1.62 bits per heavy atom. The Labute approximate surface area is 80.4 Å². The van der Waals surface area contributed by atoms with Gasteiger partial charge in [0.05, 0.1) is 0 Å². The van der Waals surface area contributed by atoms with Crippen LogP contribution in [0.1, 0.15) is 32.3 Å². The van der Waals surface area contributed by atoms with Crippen molar-refractivity contribution in [1.82, 2.24) is 0 Å². The summed E-state index contributed by atoms with van der Waals surface area (Å²) in [5.74, 6) is 1.14. The van der Waals surface area contributed by atoms with Crippen LogP contribution >= 0.6 is 0 Å². The molecule has 0 aliphatic carbocycles. The summed E-state index contributed by atoms with van der Waals surface area (Å²) in [4.78, 5) is 0. The number of benzene rings is 1. The second-order valence-electron chi connectivity index (χ2n) is 3.55. The lowest BCUT2D eigenvalue weighted by Crippen LogP contribution is -2.00. The second-order valence-corrected chi connectivity index (χ2v) is 3.55. The number of aromatic hydroxyl groups is 1. The lowest BCUT2D eigenvalue weighted by molar-refractivity contribution is 0.472. The molecule has 0 aromatic heterocycles. The monoisotopic (exact) mass is 178 g/mol. The van der Waals surface area contributed by atoms with Gasteiger partial charge in [0.1, 0.15) is 5.75 Å². The fourth-order valence-corrected chi connectivity index (χ4v) is 1.54. The summed E-state index contributed by atoms with van der Waals surface area (Å²) in [6.45, 7) is 4.46. The van der Waals surface area contributed by atoms with E-state index in [0.717, 1.165) is 12.3 Å². The van der Waals surface area contributed by atoms with Gasteiger partial charge in [-0.25, -0.2) is 0 Å². The van der Waals surface area contributed by atoms with Crippen molar-refractivity contribution >= 4 is 0 Å². The van der Waals surface area contributed by atoms with Gasteiger partial charge in [-0.15, -0.1) is 0 Å². The molecule has 1 nitrogen and oxygen atoms in total. The molecule has 0 aliphatic heterocycles. The summed E-state index contributed by atoms with van der Waals surface area (Å²) in [5, 5.41) is 9.11. The molecule has 1 heteroatoms. The summed E-state index contributed by atoms with van der Waals surface area (Å²) < 4.78 is 0. The summed E-state index contributed by atoms with van der Waals surface area (Å²) in [6.07, 6.45) is 3.60. The van der Waals surface area contributed by atoms with E-state index in [-0.39, 0.29) is 0 Å². The molecule has 13 heavy (non-hydrogen) atoms. The third kappa shape index (κ3) is 3.10. The Balaban J connectivity index is 2.58. The predicted octanol–water partition coefficient (Wildman–Crippen LogP) is 3.37. The van der Waals surface area contributed by atoms with Gasteiger partial charge in [-0.3, -0.25) is 0 Å². The number of hydrogen-bond donors (Lipinski definition) is 1. The molecule has 0 fully saturated rings. The molecule has 0 unspecified atom stereocenters. The Hall–Kier alpha value is -0.980. The first-order valence-electron chi connectivity index (χ1n) is 5.04. The highest BCUT2D eigenvalue weighted by Crippen LogP contribution is 2.17. The molecule has 1 aromatic rings. The Morgan fingerprint density at radius 3 is 2.08 bits per heavy atom. The second kappa shape index (κ2) is 4.90. The number of phenols is 1. The van der Waals surface area contributed by atoms with E-state index in [1.165, 1.54) is 18.4 Å². The summed E-state index contributed by atoms with van der Waals surface area (Å²) >= 11 is 0. The number of rotatable bonds is 4. The minimum absolute atomic E-state index is 0.355. The maximum absolute atomic E-state index is 9.11. The Bertz CT molecular complexity index is 234. The van der Waals surface area contributed by atoms with Crippen LogP contribution in [0, 0.1) is 5.92 Å². The van der Waals surface area contributed by atoms with Gasteiger partial charge in [-0.05, 0) is 30.0 Å². The molecule has 0 amide bonds. The third-order valence-electron chi connectivity index (χ3n) is 2.62. The van der Waals surface area contributed by atoms with E-state index in [4.69, 9.17) is 5.11 Å². The van der Waals surface area contributed by atoms with Crippen LogP contribution in [0.5, 0.6) is 5.75 Å². The van der Waals surface area contributed by atoms with Crippen LogP contribution in [0.15, 0.2) is 24.3 Å². The molecule has 0 saturated heterocycles. The highest BCUT2D eigenvalue weighted by molar-refractivity contribution is 5.26. The summed E-state index contributed by atoms with van der Waals surface area (Å²) in [6, 6.07) is 7.54. The maximum Gasteiger partial charge on any atom is 0.115 e. The Morgan fingerprint density at radius 1 is 1.08 bits per heavy atom. The molecule has 0 spiro atoms. The van der Waals surface area contributed by atoms with E-state index in [2.05, 4.69) is 13.8 Å². The fraction of sp³-hybridized carbons (Fsp3) is 0.500. The van der Waals surface area contributed by atoms with Crippen LogP contribution in [0.4, 0.5) is 0 Å². The molecule has 1 N–H and O–H groups in total. The van der Waals surface area contributed by atoms with E-state index in [0.29, 0.717) is 5.75 Å². The van der Waals surface area contributed by atoms with Crippen LogP contribution in [-0.2, 0) is 6.42 Å². The zero-order valence-corrected chi connectivity index (χ0v) is 8.46. The molecule has 0 heterocycles. The van der Waals surface area contributed by atoms with Gasteiger partial charge in [-0.2, -0.15) is 0 Å². The van der Waals surface area contributed by atoms with Gasteiger partial charge in [-0.1, -0.05) is 38.8 Å². The first-order chi connectivity index (χ1) is 6.26. The quantitative estimate of drug-likeness (QED) is 0.749. The van der Waals surface area contributed by atoms with Gasteiger partial charge < -0.3 is 5.11 Å². The predicted molar refractivity (Wildman–Crippen MR) is 55.9 cm³/mol. The van der Waals surface area contributed by atoms with E-state index in [1.807, 2.05) is 12.1 Å². The van der Waals surface area contributed by atoms with Crippen molar-refractivity contribution in [3.05, 3.63) is 29.8 Å². The standard InChI is InChI=1S/C12H18O/c1-3-10(4-2)9-11-5-7-12(13)8-6-11/h5-8,10,13H,3-4,9H2,1-2H3. The highest BCUT2D eigenvalue weighted by Gasteiger charge is 2.04. The van der Waals surface area contributed by atoms with Crippen molar-refractivity contribution in [2.45, 2.75) is 33.1 Å². The summed E-state index contributed by atoms with van der Waals surface area (Å²) in [7, 11) is 0. The third-order valence-corrected chi connectivity index (χ3v) is 2.62. The Kier molecular flexibility index (Phi) is 3.81. The first kappa shape index (κ1) is 10.1. The normalized spacial score (nSPS) is 10.7. The first-order valence-corrected chi connectivity index (χ1v) is 5.04. The average molecular weight is 178 g/mol. The molecule has 0 saturated carbocycles. The molecule has 1 aromatic carbocycles. The van der Waals surface area contributed by atoms with Gasteiger partial charge in [0.15, 0.2) is 0 Å². The molecule has 72 valence electrons. The van der Waals surface area contributed by atoms with Crippen molar-refractivity contribution in [2.75, 3.05) is 0 Å². The zero-order valence-electron chi connectivity index (χ0n) is 8.46. The van der Waals surface area contributed by atoms with Crippen LogP contribution in [-0.4, -0.2) is 5.11 Å². The van der Waals surface area contributed by atoms with Crippen LogP contribution < -0.4 is 0 Å². The lowest BCUT2D eigenvalue weighted by Gasteiger charge is -2.11. The minimum atomic E-state index is 0.355. The minimum Gasteiger partial charge on any atom is -0.508 e.